The largest absolute Gasteiger partial charge is 0.350 e. The molecule has 0 aliphatic carbocycles. The maximum Gasteiger partial charge on any atom is 0.256 e. The second kappa shape index (κ2) is 12.4. The molecule has 4 aromatic carbocycles. The van der Waals surface area contributed by atoms with Crippen molar-refractivity contribution in [2.45, 2.75) is 30.5 Å². The van der Waals surface area contributed by atoms with Gasteiger partial charge < -0.3 is 10.1 Å². The van der Waals surface area contributed by atoms with E-state index in [9.17, 15) is 4.79 Å². The Balaban J connectivity index is 1.16. The first-order chi connectivity index (χ1) is 22.1. The summed E-state index contributed by atoms with van der Waals surface area (Å²) in [6, 6.07) is 39.6. The molecule has 7 rings (SSSR count). The number of hydrogen-bond acceptors (Lipinski definition) is 6. The van der Waals surface area contributed by atoms with Crippen LogP contribution in [0.15, 0.2) is 134 Å². The molecular weight excluding hydrogens is 567 g/mol. The summed E-state index contributed by atoms with van der Waals surface area (Å²) >= 11 is 0. The first kappa shape index (κ1) is 28.5. The van der Waals surface area contributed by atoms with Gasteiger partial charge in [0.05, 0.1) is 18.0 Å². The average Bonchev–Trinajstić information content (AvgIpc) is 3.70. The molecule has 2 N–H and O–H groups in total. The summed E-state index contributed by atoms with van der Waals surface area (Å²) in [4.78, 5) is 25.8. The lowest BCUT2D eigenvalue weighted by molar-refractivity contribution is -0.0169. The van der Waals surface area contributed by atoms with Crippen LogP contribution >= 0.6 is 0 Å². The van der Waals surface area contributed by atoms with Crippen molar-refractivity contribution in [1.82, 2.24) is 24.8 Å². The topological polar surface area (TPSA) is 94.0 Å². The minimum Gasteiger partial charge on any atom is -0.350 e. The number of imidazole rings is 1. The van der Waals surface area contributed by atoms with Gasteiger partial charge in [-0.15, -0.1) is 0 Å². The number of hydrogen-bond donors (Lipinski definition) is 2. The van der Waals surface area contributed by atoms with E-state index in [1.165, 1.54) is 12.7 Å². The second-order valence-electron chi connectivity index (χ2n) is 11.0. The van der Waals surface area contributed by atoms with Crippen LogP contribution in [0.5, 0.6) is 0 Å². The first-order valence-electron chi connectivity index (χ1n) is 14.9. The number of benzene rings is 4. The summed E-state index contributed by atoms with van der Waals surface area (Å²) in [6.45, 7) is 0.385. The number of anilines is 1. The van der Waals surface area contributed by atoms with Crippen molar-refractivity contribution in [3.8, 4) is 0 Å². The molecule has 0 radical (unpaired) electrons. The number of nitrogens with one attached hydrogen (secondary N) is 2. The summed E-state index contributed by atoms with van der Waals surface area (Å²) < 4.78 is 23.7. The van der Waals surface area contributed by atoms with Crippen LogP contribution in [0.3, 0.4) is 0 Å². The number of carbonyl (C=O) groups excluding carboxylic acids is 1. The van der Waals surface area contributed by atoms with Gasteiger partial charge in [-0.3, -0.25) is 14.7 Å². The Labute approximate surface area is 260 Å². The maximum absolute atomic E-state index is 15.7. The highest BCUT2D eigenvalue weighted by Gasteiger charge is 2.41. The zero-order chi connectivity index (χ0) is 30.6. The molecule has 0 bridgehead atoms. The predicted molar refractivity (Wildman–Crippen MR) is 170 cm³/mol. The molecule has 0 unspecified atom stereocenters. The van der Waals surface area contributed by atoms with Crippen LogP contribution in [0.25, 0.3) is 11.2 Å². The van der Waals surface area contributed by atoms with Gasteiger partial charge in [-0.1, -0.05) is 109 Å². The van der Waals surface area contributed by atoms with Gasteiger partial charge in [0.15, 0.2) is 23.2 Å². The highest BCUT2D eigenvalue weighted by Crippen LogP contribution is 2.39. The molecule has 1 aliphatic heterocycles. The first-order valence-corrected chi connectivity index (χ1v) is 14.9. The van der Waals surface area contributed by atoms with Crippen LogP contribution in [0.4, 0.5) is 10.2 Å². The van der Waals surface area contributed by atoms with E-state index >= 15 is 4.39 Å². The SMILES string of the molecule is O=C(Nc1ncnc2c1ncn2[C@@H]1O[C@@H](CNC(c2ccccc2)(c2ccccc2)c2ccccc2)C[C@H]1F)c1ccccc1. The molecule has 1 saturated heterocycles. The molecule has 1 fully saturated rings. The number of fused-ring (bicyclic) bond motifs is 1. The van der Waals surface area contributed by atoms with Crippen molar-refractivity contribution >= 4 is 22.9 Å². The summed E-state index contributed by atoms with van der Waals surface area (Å²) in [5, 5.41) is 6.60. The number of ether oxygens (including phenoxy) is 1. The van der Waals surface area contributed by atoms with Crippen LogP contribution in [-0.2, 0) is 10.3 Å². The number of amides is 1. The Hall–Kier alpha value is -5.25. The predicted octanol–water partition coefficient (Wildman–Crippen LogP) is 6.29. The Morgan fingerprint density at radius 3 is 1.93 bits per heavy atom. The molecule has 3 atom stereocenters. The van der Waals surface area contributed by atoms with E-state index in [0.29, 0.717) is 23.3 Å². The van der Waals surface area contributed by atoms with Gasteiger partial charge in [0.1, 0.15) is 12.5 Å². The van der Waals surface area contributed by atoms with Crippen molar-refractivity contribution < 1.29 is 13.9 Å². The number of halogens is 1. The number of rotatable bonds is 9. The van der Waals surface area contributed by atoms with E-state index in [1.807, 2.05) is 60.7 Å². The molecule has 8 nitrogen and oxygen atoms in total. The van der Waals surface area contributed by atoms with E-state index in [2.05, 4.69) is 62.0 Å². The summed E-state index contributed by atoms with van der Waals surface area (Å²) in [7, 11) is 0. The zero-order valence-electron chi connectivity index (χ0n) is 24.3. The lowest BCUT2D eigenvalue weighted by Crippen LogP contribution is -2.47. The van der Waals surface area contributed by atoms with Crippen molar-refractivity contribution in [3.63, 3.8) is 0 Å². The lowest BCUT2D eigenvalue weighted by atomic mass is 9.77. The van der Waals surface area contributed by atoms with Gasteiger partial charge in [-0.25, -0.2) is 19.3 Å². The molecule has 3 heterocycles. The highest BCUT2D eigenvalue weighted by atomic mass is 19.1. The fraction of sp³-hybridized carbons (Fsp3) is 0.167. The molecule has 1 amide bonds. The second-order valence-corrected chi connectivity index (χ2v) is 11.0. The Kier molecular flexibility index (Phi) is 7.85. The number of aromatic nitrogens is 4. The Morgan fingerprint density at radius 1 is 0.800 bits per heavy atom. The van der Waals surface area contributed by atoms with Gasteiger partial charge in [-0.2, -0.15) is 0 Å². The molecule has 9 heteroatoms. The van der Waals surface area contributed by atoms with Crippen molar-refractivity contribution in [2.24, 2.45) is 0 Å². The fourth-order valence-corrected chi connectivity index (χ4v) is 6.11. The van der Waals surface area contributed by atoms with Gasteiger partial charge in [0.25, 0.3) is 5.91 Å². The normalized spacial score (nSPS) is 18.2. The maximum atomic E-state index is 15.7. The molecular formula is C36H31FN6O2. The summed E-state index contributed by atoms with van der Waals surface area (Å²) in [5.41, 5.74) is 3.72. The molecule has 0 spiro atoms. The Morgan fingerprint density at radius 2 is 1.36 bits per heavy atom. The third-order valence-corrected chi connectivity index (χ3v) is 8.25. The minimum atomic E-state index is -1.30. The van der Waals surface area contributed by atoms with Gasteiger partial charge in [0, 0.05) is 18.5 Å². The number of nitrogens with zero attached hydrogens (tertiary/aromatic N) is 4. The molecule has 45 heavy (non-hydrogen) atoms. The third kappa shape index (κ3) is 5.48. The molecule has 0 saturated carbocycles. The van der Waals surface area contributed by atoms with Gasteiger partial charge in [0.2, 0.25) is 0 Å². The highest BCUT2D eigenvalue weighted by molar-refractivity contribution is 6.06. The van der Waals surface area contributed by atoms with Crippen LogP contribution in [0, 0.1) is 0 Å². The summed E-state index contributed by atoms with van der Waals surface area (Å²) in [5.74, 6) is -0.0758. The van der Waals surface area contributed by atoms with Gasteiger partial charge in [-0.05, 0) is 28.8 Å². The standard InChI is InChI=1S/C36H31FN6O2/c37-30-21-29(22-41-36(26-15-7-2-8-16-26,27-17-9-3-10-18-27)28-19-11-4-12-20-28)45-35(30)43-24-40-31-32(38-23-39-33(31)43)42-34(44)25-13-5-1-6-14-25/h1-20,23-24,29-30,35,41H,21-22H2,(H,38,39,42,44)/t29-,30-,35-/m1/s1. The van der Waals surface area contributed by atoms with Crippen LogP contribution in [0.1, 0.15) is 39.7 Å². The van der Waals surface area contributed by atoms with E-state index < -0.39 is 24.0 Å². The fourth-order valence-electron chi connectivity index (χ4n) is 6.11. The van der Waals surface area contributed by atoms with E-state index in [0.717, 1.165) is 16.7 Å². The molecule has 6 aromatic rings. The molecule has 224 valence electrons. The van der Waals surface area contributed by atoms with E-state index in [4.69, 9.17) is 4.74 Å². The quantitative estimate of drug-likeness (QED) is 0.190. The van der Waals surface area contributed by atoms with Gasteiger partial charge >= 0.3 is 0 Å². The van der Waals surface area contributed by atoms with Crippen LogP contribution < -0.4 is 10.6 Å². The van der Waals surface area contributed by atoms with E-state index in [1.54, 1.807) is 28.8 Å². The van der Waals surface area contributed by atoms with Crippen LogP contribution in [-0.4, -0.2) is 44.2 Å². The Bertz CT molecular complexity index is 1790. The van der Waals surface area contributed by atoms with Crippen molar-refractivity contribution in [3.05, 3.63) is 156 Å². The van der Waals surface area contributed by atoms with Crippen LogP contribution in [0.2, 0.25) is 0 Å². The lowest BCUT2D eigenvalue weighted by Gasteiger charge is -2.38. The smallest absolute Gasteiger partial charge is 0.256 e. The molecule has 2 aromatic heterocycles. The zero-order valence-corrected chi connectivity index (χ0v) is 24.3. The monoisotopic (exact) mass is 598 g/mol. The minimum absolute atomic E-state index is 0.189. The number of alkyl halides is 1. The van der Waals surface area contributed by atoms with Crippen molar-refractivity contribution in [2.75, 3.05) is 11.9 Å². The third-order valence-electron chi connectivity index (χ3n) is 8.25. The average molecular weight is 599 g/mol. The number of carbonyl (C=O) groups is 1. The molecule has 1 aliphatic rings. The van der Waals surface area contributed by atoms with E-state index in [-0.39, 0.29) is 18.1 Å². The van der Waals surface area contributed by atoms with Crippen molar-refractivity contribution in [1.29, 1.82) is 0 Å². The summed E-state index contributed by atoms with van der Waals surface area (Å²) in [6.07, 6.45) is 0.342.